The van der Waals surface area contributed by atoms with Crippen LogP contribution in [0, 0.1) is 18.8 Å². The molecule has 2 aliphatic rings. The van der Waals surface area contributed by atoms with Gasteiger partial charge in [0.25, 0.3) is 5.91 Å². The van der Waals surface area contributed by atoms with Gasteiger partial charge in [-0.25, -0.2) is 0 Å². The molecule has 3 rings (SSSR count). The van der Waals surface area contributed by atoms with Crippen molar-refractivity contribution in [3.8, 4) is 11.8 Å². The molecule has 1 aromatic heterocycles. The van der Waals surface area contributed by atoms with Crippen molar-refractivity contribution in [3.05, 3.63) is 21.4 Å². The third-order valence-corrected chi connectivity index (χ3v) is 5.04. The van der Waals surface area contributed by atoms with Crippen molar-refractivity contribution in [1.29, 1.82) is 0 Å². The first kappa shape index (κ1) is 14.6. The lowest BCUT2D eigenvalue weighted by Gasteiger charge is -2.31. The number of amides is 1. The number of carbonyl (C=O) groups excluding carboxylic acids is 1. The van der Waals surface area contributed by atoms with Gasteiger partial charge in [-0.2, -0.15) is 0 Å². The van der Waals surface area contributed by atoms with Gasteiger partial charge in [-0.05, 0) is 31.4 Å². The van der Waals surface area contributed by atoms with Gasteiger partial charge in [0.05, 0.1) is 28.6 Å². The number of hydrogen-bond acceptors (Lipinski definition) is 4. The van der Waals surface area contributed by atoms with Gasteiger partial charge in [0, 0.05) is 19.5 Å². The zero-order valence-corrected chi connectivity index (χ0v) is 12.9. The molecule has 1 N–H and O–H groups in total. The van der Waals surface area contributed by atoms with Crippen LogP contribution in [0.4, 0.5) is 0 Å². The second-order valence-electron chi connectivity index (χ2n) is 5.57. The number of aryl methyl sites for hydroxylation is 1. The van der Waals surface area contributed by atoms with Gasteiger partial charge < -0.3 is 14.7 Å². The van der Waals surface area contributed by atoms with E-state index in [-0.39, 0.29) is 24.7 Å². The fourth-order valence-electron chi connectivity index (χ4n) is 2.85. The highest BCUT2D eigenvalue weighted by molar-refractivity contribution is 7.14. The van der Waals surface area contributed by atoms with Crippen molar-refractivity contribution in [2.24, 2.45) is 0 Å². The number of aliphatic hydroxyl groups excluding tert-OH is 1. The van der Waals surface area contributed by atoms with Crippen molar-refractivity contribution in [3.63, 3.8) is 0 Å². The summed E-state index contributed by atoms with van der Waals surface area (Å²) in [7, 11) is 0. The van der Waals surface area contributed by atoms with E-state index in [4.69, 9.17) is 9.84 Å². The minimum Gasteiger partial charge on any atom is -0.395 e. The Morgan fingerprint density at radius 1 is 1.48 bits per heavy atom. The number of rotatable bonds is 2. The van der Waals surface area contributed by atoms with E-state index in [2.05, 4.69) is 11.8 Å². The van der Waals surface area contributed by atoms with E-state index in [1.165, 1.54) is 11.3 Å². The molecule has 4 nitrogen and oxygen atoms in total. The lowest BCUT2D eigenvalue weighted by Crippen LogP contribution is -2.45. The van der Waals surface area contributed by atoms with Crippen LogP contribution in [-0.2, 0) is 4.74 Å². The third-order valence-electron chi connectivity index (χ3n) is 3.90. The maximum absolute atomic E-state index is 12.6. The summed E-state index contributed by atoms with van der Waals surface area (Å²) in [5.74, 6) is 6.04. The fourth-order valence-corrected chi connectivity index (χ4v) is 3.86. The van der Waals surface area contributed by atoms with Crippen LogP contribution in [0.1, 0.15) is 39.4 Å². The van der Waals surface area contributed by atoms with Crippen LogP contribution in [0.3, 0.4) is 0 Å². The van der Waals surface area contributed by atoms with E-state index in [1.54, 1.807) is 0 Å². The summed E-state index contributed by atoms with van der Waals surface area (Å²) < 4.78 is 5.77. The Hall–Kier alpha value is -1.35. The lowest BCUT2D eigenvalue weighted by atomic mass is 10.2. The van der Waals surface area contributed by atoms with Gasteiger partial charge in [0.15, 0.2) is 0 Å². The minimum absolute atomic E-state index is 0.0692. The number of nitrogens with zero attached hydrogens (tertiary/aromatic N) is 1. The average molecular weight is 305 g/mol. The molecular formula is C16H19NO3S. The molecule has 2 atom stereocenters. The van der Waals surface area contributed by atoms with Crippen molar-refractivity contribution >= 4 is 17.2 Å². The van der Waals surface area contributed by atoms with E-state index < -0.39 is 0 Å². The van der Waals surface area contributed by atoms with Crippen LogP contribution in [0.15, 0.2) is 6.07 Å². The molecule has 0 saturated carbocycles. The van der Waals surface area contributed by atoms with Gasteiger partial charge in [0.1, 0.15) is 0 Å². The zero-order valence-electron chi connectivity index (χ0n) is 12.1. The van der Waals surface area contributed by atoms with Crippen LogP contribution in [0.5, 0.6) is 0 Å². The van der Waals surface area contributed by atoms with Crippen LogP contribution in [0.25, 0.3) is 0 Å². The summed E-state index contributed by atoms with van der Waals surface area (Å²) in [5.41, 5.74) is 1.03. The monoisotopic (exact) mass is 305 g/mol. The molecule has 1 aromatic rings. The maximum atomic E-state index is 12.6. The standard InChI is InChI=1S/C16H19NO3S/c1-11-8-15(21-14(11)4-2-3-7-18)16(19)17-9-12-5-6-13(10-17)20-12/h8,12-13,18H,3,5-7,9-10H2,1H3. The summed E-state index contributed by atoms with van der Waals surface area (Å²) in [6.45, 7) is 3.45. The first-order valence-electron chi connectivity index (χ1n) is 7.32. The number of ether oxygens (including phenoxy) is 1. The highest BCUT2D eigenvalue weighted by atomic mass is 32.1. The third kappa shape index (κ3) is 3.13. The Balaban J connectivity index is 1.73. The summed E-state index contributed by atoms with van der Waals surface area (Å²) in [5, 5.41) is 8.76. The Morgan fingerprint density at radius 2 is 2.19 bits per heavy atom. The van der Waals surface area contributed by atoms with E-state index in [0.29, 0.717) is 19.5 Å². The molecule has 2 fully saturated rings. The number of fused-ring (bicyclic) bond motifs is 2. The van der Waals surface area contributed by atoms with Crippen LogP contribution >= 0.6 is 11.3 Å². The van der Waals surface area contributed by atoms with Gasteiger partial charge in [-0.1, -0.05) is 11.8 Å². The smallest absolute Gasteiger partial charge is 0.264 e. The van der Waals surface area contributed by atoms with Gasteiger partial charge in [0.2, 0.25) is 0 Å². The van der Waals surface area contributed by atoms with Crippen molar-refractivity contribution in [2.45, 2.75) is 38.4 Å². The van der Waals surface area contributed by atoms with Gasteiger partial charge >= 0.3 is 0 Å². The molecule has 112 valence electrons. The van der Waals surface area contributed by atoms with Gasteiger partial charge in [-0.3, -0.25) is 4.79 Å². The van der Waals surface area contributed by atoms with Crippen LogP contribution in [-0.4, -0.2) is 47.8 Å². The molecule has 0 aromatic carbocycles. The molecule has 1 amide bonds. The highest BCUT2D eigenvalue weighted by Crippen LogP contribution is 2.29. The number of likely N-dealkylation sites (tertiary alicyclic amines) is 1. The average Bonchev–Trinajstić information content (AvgIpc) is 3.01. The van der Waals surface area contributed by atoms with E-state index in [1.807, 2.05) is 17.9 Å². The van der Waals surface area contributed by atoms with Crippen molar-refractivity contribution in [1.82, 2.24) is 4.90 Å². The maximum Gasteiger partial charge on any atom is 0.264 e. The lowest BCUT2D eigenvalue weighted by molar-refractivity contribution is -0.0302. The molecule has 2 aliphatic heterocycles. The number of morpholine rings is 1. The molecule has 0 spiro atoms. The van der Waals surface area contributed by atoms with Crippen LogP contribution < -0.4 is 0 Å². The first-order valence-corrected chi connectivity index (χ1v) is 8.14. The molecule has 2 saturated heterocycles. The molecule has 2 bridgehead atoms. The van der Waals surface area contributed by atoms with Crippen molar-refractivity contribution in [2.75, 3.05) is 19.7 Å². The van der Waals surface area contributed by atoms with E-state index >= 15 is 0 Å². The molecule has 21 heavy (non-hydrogen) atoms. The Kier molecular flexibility index (Phi) is 4.29. The summed E-state index contributed by atoms with van der Waals surface area (Å²) in [6, 6.07) is 1.92. The molecule has 0 radical (unpaired) electrons. The summed E-state index contributed by atoms with van der Waals surface area (Å²) in [4.78, 5) is 16.2. The highest BCUT2D eigenvalue weighted by Gasteiger charge is 2.36. The zero-order chi connectivity index (χ0) is 14.8. The number of aliphatic hydroxyl groups is 1. The molecule has 3 heterocycles. The molecular weight excluding hydrogens is 286 g/mol. The van der Waals surface area contributed by atoms with Crippen LogP contribution in [0.2, 0.25) is 0 Å². The first-order chi connectivity index (χ1) is 10.2. The predicted octanol–water partition coefficient (Wildman–Crippen LogP) is 1.79. The Labute approximate surface area is 128 Å². The summed E-state index contributed by atoms with van der Waals surface area (Å²) in [6.07, 6.45) is 3.04. The topological polar surface area (TPSA) is 49.8 Å². The Bertz CT molecular complexity index is 586. The van der Waals surface area contributed by atoms with Crippen molar-refractivity contribution < 1.29 is 14.6 Å². The largest absolute Gasteiger partial charge is 0.395 e. The molecule has 0 aliphatic carbocycles. The number of carbonyl (C=O) groups is 1. The Morgan fingerprint density at radius 3 is 2.86 bits per heavy atom. The molecule has 2 unspecified atom stereocenters. The second kappa shape index (κ2) is 6.18. The predicted molar refractivity (Wildman–Crippen MR) is 81.4 cm³/mol. The fraction of sp³-hybridized carbons (Fsp3) is 0.562. The number of hydrogen-bond donors (Lipinski definition) is 1. The normalized spacial score (nSPS) is 23.8. The molecule has 5 heteroatoms. The van der Waals surface area contributed by atoms with E-state index in [0.717, 1.165) is 28.2 Å². The number of thiophene rings is 1. The minimum atomic E-state index is 0.0692. The summed E-state index contributed by atoms with van der Waals surface area (Å²) >= 11 is 1.45. The van der Waals surface area contributed by atoms with Gasteiger partial charge in [-0.15, -0.1) is 11.3 Å². The van der Waals surface area contributed by atoms with E-state index in [9.17, 15) is 4.79 Å². The quantitative estimate of drug-likeness (QED) is 0.848. The SMILES string of the molecule is Cc1cc(C(=O)N2CC3CCC(C2)O3)sc1C#CCCO. The second-order valence-corrected chi connectivity index (χ2v) is 6.62.